The highest BCUT2D eigenvalue weighted by Crippen LogP contribution is 2.18. The summed E-state index contributed by atoms with van der Waals surface area (Å²) in [6, 6.07) is 0. The molecular formula is C9H13N5O2. The average molecular weight is 223 g/mol. The van der Waals surface area contributed by atoms with Crippen molar-refractivity contribution in [2.24, 2.45) is 12.8 Å². The van der Waals surface area contributed by atoms with E-state index in [1.807, 2.05) is 7.05 Å². The van der Waals surface area contributed by atoms with Gasteiger partial charge in [0.2, 0.25) is 5.82 Å². The van der Waals surface area contributed by atoms with E-state index in [4.69, 9.17) is 10.3 Å². The van der Waals surface area contributed by atoms with Gasteiger partial charge in [0.25, 0.3) is 5.89 Å². The number of nitrogens with zero attached hydrogens (tertiary/aromatic N) is 4. The standard InChI is InChI=1S/C9H13N5O2/c1-14-5-4-11-8(14)7-12-9(16-13-7)6(15)2-3-10/h4-6,15H,2-3,10H2,1H3. The minimum Gasteiger partial charge on any atom is -0.383 e. The number of hydrogen-bond donors (Lipinski definition) is 2. The van der Waals surface area contributed by atoms with E-state index >= 15 is 0 Å². The summed E-state index contributed by atoms with van der Waals surface area (Å²) in [7, 11) is 1.83. The Morgan fingerprint density at radius 2 is 2.44 bits per heavy atom. The first-order valence-electron chi connectivity index (χ1n) is 4.92. The number of aliphatic hydroxyl groups is 1. The highest BCUT2D eigenvalue weighted by Gasteiger charge is 2.17. The zero-order chi connectivity index (χ0) is 11.5. The third-order valence-corrected chi connectivity index (χ3v) is 2.19. The third kappa shape index (κ3) is 1.95. The van der Waals surface area contributed by atoms with E-state index < -0.39 is 6.10 Å². The van der Waals surface area contributed by atoms with Crippen molar-refractivity contribution < 1.29 is 9.63 Å². The fraction of sp³-hybridized carbons (Fsp3) is 0.444. The van der Waals surface area contributed by atoms with Crippen LogP contribution in [-0.2, 0) is 7.05 Å². The lowest BCUT2D eigenvalue weighted by molar-refractivity contribution is 0.127. The molecule has 0 aliphatic heterocycles. The van der Waals surface area contributed by atoms with Crippen molar-refractivity contribution in [3.8, 4) is 11.6 Å². The molecule has 0 fully saturated rings. The smallest absolute Gasteiger partial charge is 0.255 e. The highest BCUT2D eigenvalue weighted by molar-refractivity contribution is 5.42. The molecule has 1 unspecified atom stereocenters. The Hall–Kier alpha value is -1.73. The summed E-state index contributed by atoms with van der Waals surface area (Å²) in [4.78, 5) is 8.14. The Balaban J connectivity index is 2.23. The first-order chi connectivity index (χ1) is 7.72. The number of aryl methyl sites for hydroxylation is 1. The molecule has 0 radical (unpaired) electrons. The lowest BCUT2D eigenvalue weighted by Gasteiger charge is -2.00. The second kappa shape index (κ2) is 4.42. The highest BCUT2D eigenvalue weighted by atomic mass is 16.5. The molecule has 16 heavy (non-hydrogen) atoms. The molecule has 3 N–H and O–H groups in total. The molecule has 7 nitrogen and oxygen atoms in total. The van der Waals surface area contributed by atoms with Gasteiger partial charge in [-0.1, -0.05) is 5.16 Å². The van der Waals surface area contributed by atoms with E-state index in [-0.39, 0.29) is 5.89 Å². The quantitative estimate of drug-likeness (QED) is 0.747. The Bertz CT molecular complexity index is 464. The Labute approximate surface area is 91.9 Å². The number of rotatable bonds is 4. The van der Waals surface area contributed by atoms with E-state index in [1.54, 1.807) is 17.0 Å². The van der Waals surface area contributed by atoms with E-state index in [0.29, 0.717) is 24.6 Å². The normalized spacial score (nSPS) is 12.9. The molecule has 2 aromatic heterocycles. The van der Waals surface area contributed by atoms with Gasteiger partial charge in [0.05, 0.1) is 0 Å². The number of aliphatic hydroxyl groups excluding tert-OH is 1. The van der Waals surface area contributed by atoms with Crippen LogP contribution in [0.1, 0.15) is 18.4 Å². The minimum atomic E-state index is -0.813. The predicted octanol–water partition coefficient (Wildman–Crippen LogP) is -0.148. The molecule has 0 saturated heterocycles. The fourth-order valence-corrected chi connectivity index (χ4v) is 1.32. The molecule has 2 heterocycles. The lowest BCUT2D eigenvalue weighted by atomic mass is 10.2. The summed E-state index contributed by atoms with van der Waals surface area (Å²) in [5.41, 5.74) is 5.33. The van der Waals surface area contributed by atoms with Crippen LogP contribution in [0.25, 0.3) is 11.6 Å². The van der Waals surface area contributed by atoms with E-state index in [1.165, 1.54) is 0 Å². The molecule has 0 spiro atoms. The van der Waals surface area contributed by atoms with Crippen molar-refractivity contribution in [1.29, 1.82) is 0 Å². The van der Waals surface area contributed by atoms with Gasteiger partial charge >= 0.3 is 0 Å². The van der Waals surface area contributed by atoms with E-state index in [0.717, 1.165) is 0 Å². The monoisotopic (exact) mass is 223 g/mol. The summed E-state index contributed by atoms with van der Waals surface area (Å²) < 4.78 is 6.71. The van der Waals surface area contributed by atoms with Crippen molar-refractivity contribution in [3.63, 3.8) is 0 Å². The summed E-state index contributed by atoms with van der Waals surface area (Å²) in [5.74, 6) is 1.12. The number of aromatic nitrogens is 4. The largest absolute Gasteiger partial charge is 0.383 e. The van der Waals surface area contributed by atoms with E-state index in [2.05, 4.69) is 15.1 Å². The maximum Gasteiger partial charge on any atom is 0.255 e. The van der Waals surface area contributed by atoms with Crippen LogP contribution in [0, 0.1) is 0 Å². The van der Waals surface area contributed by atoms with Gasteiger partial charge in [0, 0.05) is 19.4 Å². The van der Waals surface area contributed by atoms with Gasteiger partial charge in [-0.3, -0.25) is 0 Å². The maximum absolute atomic E-state index is 9.60. The molecule has 1 atom stereocenters. The molecular weight excluding hydrogens is 210 g/mol. The molecule has 0 aliphatic carbocycles. The van der Waals surface area contributed by atoms with Crippen LogP contribution in [0.5, 0.6) is 0 Å². The zero-order valence-corrected chi connectivity index (χ0v) is 8.87. The summed E-state index contributed by atoms with van der Waals surface area (Å²) in [6.07, 6.45) is 3.00. The number of hydrogen-bond acceptors (Lipinski definition) is 6. The molecule has 2 rings (SSSR count). The van der Waals surface area contributed by atoms with Crippen LogP contribution in [0.3, 0.4) is 0 Å². The number of imidazole rings is 1. The summed E-state index contributed by atoms with van der Waals surface area (Å²) in [6.45, 7) is 0.362. The van der Waals surface area contributed by atoms with Gasteiger partial charge in [0.1, 0.15) is 6.10 Å². The maximum atomic E-state index is 9.60. The topological polar surface area (TPSA) is 103 Å². The third-order valence-electron chi connectivity index (χ3n) is 2.19. The van der Waals surface area contributed by atoms with Gasteiger partial charge < -0.3 is 19.9 Å². The Kier molecular flexibility index (Phi) is 2.97. The first kappa shape index (κ1) is 10.8. The van der Waals surface area contributed by atoms with Gasteiger partial charge in [-0.2, -0.15) is 4.98 Å². The number of nitrogens with two attached hydrogens (primary N) is 1. The van der Waals surface area contributed by atoms with Gasteiger partial charge in [-0.15, -0.1) is 0 Å². The van der Waals surface area contributed by atoms with Crippen molar-refractivity contribution in [3.05, 3.63) is 18.3 Å². The molecule has 0 saturated carbocycles. The van der Waals surface area contributed by atoms with Gasteiger partial charge in [-0.05, 0) is 13.0 Å². The van der Waals surface area contributed by atoms with Crippen molar-refractivity contribution in [2.75, 3.05) is 6.54 Å². The fourth-order valence-electron chi connectivity index (χ4n) is 1.32. The molecule has 0 aliphatic rings. The predicted molar refractivity (Wildman–Crippen MR) is 55.1 cm³/mol. The van der Waals surface area contributed by atoms with Crippen molar-refractivity contribution in [2.45, 2.75) is 12.5 Å². The lowest BCUT2D eigenvalue weighted by Crippen LogP contribution is -2.06. The van der Waals surface area contributed by atoms with Crippen LogP contribution in [0.15, 0.2) is 16.9 Å². The molecule has 0 amide bonds. The molecule has 2 aromatic rings. The van der Waals surface area contributed by atoms with Crippen molar-refractivity contribution >= 4 is 0 Å². The Morgan fingerprint density at radius 3 is 3.06 bits per heavy atom. The minimum absolute atomic E-state index is 0.170. The van der Waals surface area contributed by atoms with Crippen LogP contribution in [0.2, 0.25) is 0 Å². The molecule has 0 bridgehead atoms. The van der Waals surface area contributed by atoms with Gasteiger partial charge in [-0.25, -0.2) is 4.98 Å². The summed E-state index contributed by atoms with van der Waals surface area (Å²) in [5, 5.41) is 13.3. The second-order valence-electron chi connectivity index (χ2n) is 3.41. The van der Waals surface area contributed by atoms with E-state index in [9.17, 15) is 5.11 Å². The van der Waals surface area contributed by atoms with Crippen LogP contribution in [0.4, 0.5) is 0 Å². The average Bonchev–Trinajstić information content (AvgIpc) is 2.86. The van der Waals surface area contributed by atoms with Crippen LogP contribution in [-0.4, -0.2) is 31.3 Å². The van der Waals surface area contributed by atoms with Gasteiger partial charge in [0.15, 0.2) is 5.82 Å². The zero-order valence-electron chi connectivity index (χ0n) is 8.87. The first-order valence-corrected chi connectivity index (χ1v) is 4.92. The molecule has 7 heteroatoms. The summed E-state index contributed by atoms with van der Waals surface area (Å²) >= 11 is 0. The van der Waals surface area contributed by atoms with Crippen LogP contribution < -0.4 is 5.73 Å². The van der Waals surface area contributed by atoms with Crippen LogP contribution >= 0.6 is 0 Å². The molecule has 0 aromatic carbocycles. The SMILES string of the molecule is Cn1ccnc1-c1noc(C(O)CCN)n1. The molecule has 86 valence electrons. The Morgan fingerprint density at radius 1 is 1.62 bits per heavy atom. The van der Waals surface area contributed by atoms with Crippen molar-refractivity contribution in [1.82, 2.24) is 19.7 Å². The second-order valence-corrected chi connectivity index (χ2v) is 3.41.